The molecule has 19 heavy (non-hydrogen) atoms. The van der Waals surface area contributed by atoms with Crippen LogP contribution in [0.15, 0.2) is 24.3 Å². The number of nitrogens with two attached hydrogens (primary N) is 1. The maximum absolute atomic E-state index is 11.7. The number of nitrogens with one attached hydrogen (secondary N) is 1. The minimum Gasteiger partial charge on any atom is -0.466 e. The Morgan fingerprint density at radius 1 is 1.26 bits per heavy atom. The predicted molar refractivity (Wildman–Crippen MR) is 75.2 cm³/mol. The molecule has 0 aromatic heterocycles. The van der Waals surface area contributed by atoms with E-state index in [9.17, 15) is 9.59 Å². The summed E-state index contributed by atoms with van der Waals surface area (Å²) < 4.78 is 4.76. The van der Waals surface area contributed by atoms with E-state index in [1.807, 2.05) is 0 Å². The molecule has 0 fully saturated rings. The molecule has 0 saturated heterocycles. The number of halogens is 1. The van der Waals surface area contributed by atoms with Crippen molar-refractivity contribution in [1.29, 1.82) is 0 Å². The lowest BCUT2D eigenvalue weighted by Crippen LogP contribution is -2.26. The third-order valence-corrected chi connectivity index (χ3v) is 2.37. The van der Waals surface area contributed by atoms with Gasteiger partial charge in [0.2, 0.25) is 0 Å². The van der Waals surface area contributed by atoms with Crippen LogP contribution in [0.2, 0.25) is 0 Å². The normalized spacial score (nSPS) is 9.37. The molecule has 0 aliphatic rings. The number of amides is 1. The van der Waals surface area contributed by atoms with Crippen LogP contribution < -0.4 is 11.1 Å². The molecule has 0 aliphatic carbocycles. The van der Waals surface area contributed by atoms with Gasteiger partial charge in [-0.05, 0) is 24.6 Å². The van der Waals surface area contributed by atoms with Crippen molar-refractivity contribution < 1.29 is 14.3 Å². The van der Waals surface area contributed by atoms with Crippen LogP contribution in [0.5, 0.6) is 0 Å². The molecule has 1 rings (SSSR count). The number of rotatable bonds is 6. The molecule has 1 amide bonds. The topological polar surface area (TPSA) is 81.4 Å². The van der Waals surface area contributed by atoms with E-state index in [2.05, 4.69) is 5.32 Å². The minimum absolute atomic E-state index is 0. The van der Waals surface area contributed by atoms with E-state index in [1.54, 1.807) is 31.2 Å². The fourth-order valence-corrected chi connectivity index (χ4v) is 1.41. The largest absolute Gasteiger partial charge is 0.466 e. The van der Waals surface area contributed by atoms with Crippen LogP contribution in [0.3, 0.4) is 0 Å². The summed E-state index contributed by atoms with van der Waals surface area (Å²) in [5.41, 5.74) is 6.99. The van der Waals surface area contributed by atoms with Gasteiger partial charge in [0, 0.05) is 18.7 Å². The van der Waals surface area contributed by atoms with Gasteiger partial charge in [0.25, 0.3) is 5.91 Å². The zero-order valence-corrected chi connectivity index (χ0v) is 11.7. The summed E-state index contributed by atoms with van der Waals surface area (Å²) >= 11 is 0. The molecule has 0 atom stereocenters. The van der Waals surface area contributed by atoms with Crippen LogP contribution in [-0.2, 0) is 16.1 Å². The van der Waals surface area contributed by atoms with Gasteiger partial charge in [0.15, 0.2) is 0 Å². The average Bonchev–Trinajstić information content (AvgIpc) is 2.39. The van der Waals surface area contributed by atoms with Crippen LogP contribution in [0.4, 0.5) is 0 Å². The molecule has 0 aliphatic heterocycles. The van der Waals surface area contributed by atoms with Gasteiger partial charge >= 0.3 is 5.97 Å². The molecule has 1 aromatic rings. The third kappa shape index (κ3) is 6.22. The van der Waals surface area contributed by atoms with Gasteiger partial charge in [-0.3, -0.25) is 9.59 Å². The van der Waals surface area contributed by atoms with Crippen molar-refractivity contribution >= 4 is 24.3 Å². The summed E-state index contributed by atoms with van der Waals surface area (Å²) in [6.07, 6.45) is 0.181. The van der Waals surface area contributed by atoms with Crippen molar-refractivity contribution in [2.24, 2.45) is 5.73 Å². The third-order valence-electron chi connectivity index (χ3n) is 2.37. The first-order valence-electron chi connectivity index (χ1n) is 5.90. The van der Waals surface area contributed by atoms with Crippen LogP contribution in [0.25, 0.3) is 0 Å². The highest BCUT2D eigenvalue weighted by molar-refractivity contribution is 5.94. The Kier molecular flexibility index (Phi) is 8.57. The Morgan fingerprint density at radius 3 is 2.42 bits per heavy atom. The van der Waals surface area contributed by atoms with E-state index >= 15 is 0 Å². The van der Waals surface area contributed by atoms with Crippen LogP contribution in [-0.4, -0.2) is 25.0 Å². The van der Waals surface area contributed by atoms with Crippen LogP contribution in [0.1, 0.15) is 29.3 Å². The fraction of sp³-hybridized carbons (Fsp3) is 0.385. The zero-order chi connectivity index (χ0) is 13.4. The Hall–Kier alpha value is -1.59. The molecule has 0 bridgehead atoms. The van der Waals surface area contributed by atoms with Crippen molar-refractivity contribution in [3.05, 3.63) is 35.4 Å². The van der Waals surface area contributed by atoms with Gasteiger partial charge in [-0.15, -0.1) is 12.4 Å². The molecule has 6 heteroatoms. The molecule has 0 unspecified atom stereocenters. The molecule has 5 nitrogen and oxygen atoms in total. The minimum atomic E-state index is -0.309. The first-order chi connectivity index (χ1) is 8.67. The lowest BCUT2D eigenvalue weighted by molar-refractivity contribution is -0.142. The molecule has 0 saturated carbocycles. The summed E-state index contributed by atoms with van der Waals surface area (Å²) in [5, 5.41) is 2.65. The first-order valence-corrected chi connectivity index (χ1v) is 5.90. The number of benzene rings is 1. The first kappa shape index (κ1) is 17.4. The van der Waals surface area contributed by atoms with Crippen molar-refractivity contribution in [3.8, 4) is 0 Å². The molecule has 0 radical (unpaired) electrons. The molecular formula is C13H19ClN2O3. The molecule has 0 spiro atoms. The number of hydrogen-bond acceptors (Lipinski definition) is 4. The number of hydrogen-bond donors (Lipinski definition) is 2. The number of esters is 1. The van der Waals surface area contributed by atoms with E-state index in [1.165, 1.54) is 0 Å². The summed E-state index contributed by atoms with van der Waals surface area (Å²) in [6.45, 7) is 2.82. The Labute approximate surface area is 118 Å². The molecule has 1 aromatic carbocycles. The van der Waals surface area contributed by atoms with Crippen molar-refractivity contribution in [2.75, 3.05) is 13.2 Å². The van der Waals surface area contributed by atoms with Gasteiger partial charge in [-0.2, -0.15) is 0 Å². The van der Waals surface area contributed by atoms with Crippen LogP contribution >= 0.6 is 12.4 Å². The summed E-state index contributed by atoms with van der Waals surface area (Å²) in [6, 6.07) is 7.03. The van der Waals surface area contributed by atoms with Gasteiger partial charge in [-0.25, -0.2) is 0 Å². The molecule has 3 N–H and O–H groups in total. The van der Waals surface area contributed by atoms with E-state index in [-0.39, 0.29) is 37.2 Å². The van der Waals surface area contributed by atoms with Crippen LogP contribution in [0, 0.1) is 0 Å². The van der Waals surface area contributed by atoms with Gasteiger partial charge in [0.05, 0.1) is 13.0 Å². The van der Waals surface area contributed by atoms with E-state index in [4.69, 9.17) is 10.5 Å². The lowest BCUT2D eigenvalue weighted by Gasteiger charge is -2.05. The molecule has 106 valence electrons. The summed E-state index contributed by atoms with van der Waals surface area (Å²) in [5.74, 6) is -0.515. The maximum atomic E-state index is 11.7. The highest BCUT2D eigenvalue weighted by Crippen LogP contribution is 2.03. The number of ether oxygens (including phenoxy) is 1. The average molecular weight is 287 g/mol. The molecular weight excluding hydrogens is 268 g/mol. The second-order valence-corrected chi connectivity index (χ2v) is 3.71. The van der Waals surface area contributed by atoms with Gasteiger partial charge in [0.1, 0.15) is 0 Å². The van der Waals surface area contributed by atoms with Gasteiger partial charge in [-0.1, -0.05) is 12.1 Å². The van der Waals surface area contributed by atoms with E-state index < -0.39 is 0 Å². The second-order valence-electron chi connectivity index (χ2n) is 3.71. The highest BCUT2D eigenvalue weighted by Gasteiger charge is 2.06. The Morgan fingerprint density at radius 2 is 1.89 bits per heavy atom. The number of carbonyl (C=O) groups is 2. The Bertz CT molecular complexity index is 407. The highest BCUT2D eigenvalue weighted by atomic mass is 35.5. The monoisotopic (exact) mass is 286 g/mol. The fourth-order valence-electron chi connectivity index (χ4n) is 1.41. The zero-order valence-electron chi connectivity index (χ0n) is 10.8. The summed E-state index contributed by atoms with van der Waals surface area (Å²) in [7, 11) is 0. The van der Waals surface area contributed by atoms with Crippen molar-refractivity contribution in [3.63, 3.8) is 0 Å². The van der Waals surface area contributed by atoms with Crippen molar-refractivity contribution in [2.45, 2.75) is 19.9 Å². The lowest BCUT2D eigenvalue weighted by atomic mass is 10.1. The van der Waals surface area contributed by atoms with E-state index in [0.717, 1.165) is 5.56 Å². The SMILES string of the molecule is CCOC(=O)CCNC(=O)c1ccc(CN)cc1.Cl. The summed E-state index contributed by atoms with van der Waals surface area (Å²) in [4.78, 5) is 22.7. The van der Waals surface area contributed by atoms with E-state index in [0.29, 0.717) is 18.7 Å². The smallest absolute Gasteiger partial charge is 0.307 e. The maximum Gasteiger partial charge on any atom is 0.307 e. The Balaban J connectivity index is 0.00000324. The second kappa shape index (κ2) is 9.35. The van der Waals surface area contributed by atoms with Crippen molar-refractivity contribution in [1.82, 2.24) is 5.32 Å². The predicted octanol–water partition coefficient (Wildman–Crippen LogP) is 1.25. The molecule has 0 heterocycles. The quantitative estimate of drug-likeness (QED) is 0.771. The number of carbonyl (C=O) groups excluding carboxylic acids is 2. The standard InChI is InChI=1S/C13H18N2O3.ClH/c1-2-18-12(16)7-8-15-13(17)11-5-3-10(9-14)4-6-11;/h3-6H,2,7-9,14H2,1H3,(H,15,17);1H. The van der Waals surface area contributed by atoms with Gasteiger partial charge < -0.3 is 15.8 Å².